The molecule has 1 unspecified atom stereocenters. The van der Waals surface area contributed by atoms with Gasteiger partial charge in [0.1, 0.15) is 5.82 Å². The molecule has 0 fully saturated rings. The summed E-state index contributed by atoms with van der Waals surface area (Å²) in [5.41, 5.74) is 5.69. The van der Waals surface area contributed by atoms with E-state index in [-0.39, 0.29) is 6.42 Å². The van der Waals surface area contributed by atoms with E-state index < -0.39 is 12.0 Å². The number of rotatable bonds is 4. The zero-order valence-electron chi connectivity index (χ0n) is 7.35. The van der Waals surface area contributed by atoms with Crippen LogP contribution in [0.2, 0.25) is 0 Å². The lowest BCUT2D eigenvalue weighted by Gasteiger charge is -2.07. The van der Waals surface area contributed by atoms with Crippen LogP contribution in [0.3, 0.4) is 0 Å². The first-order valence-corrected chi connectivity index (χ1v) is 4.83. The van der Waals surface area contributed by atoms with Crippen molar-refractivity contribution in [2.45, 2.75) is 18.9 Å². The molecule has 0 bridgehead atoms. The van der Waals surface area contributed by atoms with Crippen molar-refractivity contribution in [3.63, 3.8) is 0 Å². The van der Waals surface area contributed by atoms with Crippen molar-refractivity contribution < 1.29 is 9.90 Å². The molecule has 1 aromatic rings. The Morgan fingerprint density at radius 3 is 2.64 bits per heavy atom. The van der Waals surface area contributed by atoms with Gasteiger partial charge < -0.3 is 10.8 Å². The van der Waals surface area contributed by atoms with Gasteiger partial charge in [0, 0.05) is 18.8 Å². The van der Waals surface area contributed by atoms with Gasteiger partial charge in [-0.05, 0) is 22.4 Å². The number of carboxylic acid groups (broad SMARTS) is 1. The summed E-state index contributed by atoms with van der Waals surface area (Å²) in [6.07, 6.45) is 3.55. The Kier molecular flexibility index (Phi) is 3.97. The Bertz CT molecular complexity index is 315. The molecule has 0 aromatic carbocycles. The summed E-state index contributed by atoms with van der Waals surface area (Å²) in [7, 11) is 0. The maximum Gasteiger partial charge on any atom is 0.303 e. The van der Waals surface area contributed by atoms with Crippen molar-refractivity contribution >= 4 is 21.9 Å². The van der Waals surface area contributed by atoms with E-state index in [1.54, 1.807) is 12.4 Å². The third-order valence-corrected chi connectivity index (χ3v) is 2.05. The Morgan fingerprint density at radius 1 is 1.57 bits per heavy atom. The van der Waals surface area contributed by atoms with Crippen molar-refractivity contribution in [2.24, 2.45) is 5.73 Å². The molecule has 0 amide bonds. The zero-order valence-corrected chi connectivity index (χ0v) is 8.94. The van der Waals surface area contributed by atoms with Gasteiger partial charge in [0.25, 0.3) is 0 Å². The number of halogens is 1. The lowest BCUT2D eigenvalue weighted by molar-refractivity contribution is -0.137. The lowest BCUT2D eigenvalue weighted by Crippen LogP contribution is -2.15. The van der Waals surface area contributed by atoms with E-state index >= 15 is 0 Å². The number of nitrogens with two attached hydrogens (primary N) is 1. The van der Waals surface area contributed by atoms with Crippen LogP contribution >= 0.6 is 15.9 Å². The maximum absolute atomic E-state index is 10.3. The Morgan fingerprint density at radius 2 is 2.14 bits per heavy atom. The molecule has 76 valence electrons. The second-order valence-electron chi connectivity index (χ2n) is 2.80. The third-order valence-electron chi connectivity index (χ3n) is 1.64. The summed E-state index contributed by atoms with van der Waals surface area (Å²) in [6.45, 7) is 0. The highest BCUT2D eigenvalue weighted by Gasteiger charge is 2.10. The van der Waals surface area contributed by atoms with Crippen molar-refractivity contribution in [1.82, 2.24) is 9.97 Å². The summed E-state index contributed by atoms with van der Waals surface area (Å²) in [4.78, 5) is 18.2. The van der Waals surface area contributed by atoms with Crippen LogP contribution in [-0.4, -0.2) is 21.0 Å². The highest BCUT2D eigenvalue weighted by molar-refractivity contribution is 9.10. The first kappa shape index (κ1) is 11.1. The van der Waals surface area contributed by atoms with Crippen LogP contribution in [-0.2, 0) is 4.79 Å². The van der Waals surface area contributed by atoms with Crippen molar-refractivity contribution in [1.29, 1.82) is 0 Å². The normalized spacial score (nSPS) is 12.4. The molecule has 14 heavy (non-hydrogen) atoms. The summed E-state index contributed by atoms with van der Waals surface area (Å²) in [5.74, 6) is -0.396. The van der Waals surface area contributed by atoms with Gasteiger partial charge >= 0.3 is 5.97 Å². The molecule has 0 saturated heterocycles. The molecule has 0 aliphatic rings. The number of carboxylic acids is 1. The minimum Gasteiger partial charge on any atom is -0.481 e. The topological polar surface area (TPSA) is 89.1 Å². The summed E-state index contributed by atoms with van der Waals surface area (Å²) < 4.78 is 0.770. The molecule has 0 radical (unpaired) electrons. The average Bonchev–Trinajstić information content (AvgIpc) is 2.15. The predicted molar refractivity (Wildman–Crippen MR) is 53.5 cm³/mol. The molecule has 3 N–H and O–H groups in total. The fourth-order valence-electron chi connectivity index (χ4n) is 0.922. The van der Waals surface area contributed by atoms with Crippen LogP contribution in [0.25, 0.3) is 0 Å². The van der Waals surface area contributed by atoms with Gasteiger partial charge in [-0.1, -0.05) is 0 Å². The molecule has 0 aliphatic heterocycles. The third kappa shape index (κ3) is 3.39. The highest BCUT2D eigenvalue weighted by atomic mass is 79.9. The molecule has 1 rings (SSSR count). The molecule has 0 saturated carbocycles. The predicted octanol–water partition coefficient (Wildman–Crippen LogP) is 1.10. The van der Waals surface area contributed by atoms with Gasteiger partial charge in [-0.25, -0.2) is 9.97 Å². The number of hydrogen-bond donors (Lipinski definition) is 2. The SMILES string of the molecule is NC(CCC(=O)O)c1ncc(Br)cn1. The first-order chi connectivity index (χ1) is 6.59. The van der Waals surface area contributed by atoms with Gasteiger partial charge in [-0.2, -0.15) is 0 Å². The largest absolute Gasteiger partial charge is 0.481 e. The Labute approximate surface area is 89.5 Å². The highest BCUT2D eigenvalue weighted by Crippen LogP contribution is 2.12. The second-order valence-corrected chi connectivity index (χ2v) is 3.71. The summed E-state index contributed by atoms with van der Waals surface area (Å²) >= 11 is 3.20. The minimum absolute atomic E-state index is 0.0284. The quantitative estimate of drug-likeness (QED) is 0.846. The first-order valence-electron chi connectivity index (χ1n) is 4.04. The number of hydrogen-bond acceptors (Lipinski definition) is 4. The van der Waals surface area contributed by atoms with Crippen LogP contribution in [0.1, 0.15) is 24.7 Å². The van der Waals surface area contributed by atoms with Gasteiger partial charge in [0.15, 0.2) is 0 Å². The number of aliphatic carboxylic acids is 1. The van der Waals surface area contributed by atoms with E-state index in [0.29, 0.717) is 12.2 Å². The van der Waals surface area contributed by atoms with E-state index in [0.717, 1.165) is 4.47 Å². The second kappa shape index (κ2) is 5.02. The summed E-state index contributed by atoms with van der Waals surface area (Å²) in [5, 5.41) is 8.45. The van der Waals surface area contributed by atoms with Crippen LogP contribution in [0, 0.1) is 0 Å². The molecular weight excluding hydrogens is 250 g/mol. The molecule has 0 aliphatic carbocycles. The van der Waals surface area contributed by atoms with Crippen molar-refractivity contribution in [2.75, 3.05) is 0 Å². The molecule has 6 heteroatoms. The molecule has 5 nitrogen and oxygen atoms in total. The number of carbonyl (C=O) groups is 1. The van der Waals surface area contributed by atoms with Gasteiger partial charge in [0.2, 0.25) is 0 Å². The minimum atomic E-state index is -0.863. The molecule has 1 heterocycles. The Balaban J connectivity index is 2.56. The van der Waals surface area contributed by atoms with Crippen molar-refractivity contribution in [3.8, 4) is 0 Å². The van der Waals surface area contributed by atoms with Crippen LogP contribution in [0.15, 0.2) is 16.9 Å². The molecule has 0 spiro atoms. The monoisotopic (exact) mass is 259 g/mol. The van der Waals surface area contributed by atoms with Crippen molar-refractivity contribution in [3.05, 3.63) is 22.7 Å². The standard InChI is InChI=1S/C8H10BrN3O2/c9-5-3-11-8(12-4-5)6(10)1-2-7(13)14/h3-4,6H,1-2,10H2,(H,13,14). The fourth-order valence-corrected chi connectivity index (χ4v) is 1.13. The average molecular weight is 260 g/mol. The van der Waals surface area contributed by atoms with Crippen LogP contribution in [0.5, 0.6) is 0 Å². The van der Waals surface area contributed by atoms with E-state index in [2.05, 4.69) is 25.9 Å². The smallest absolute Gasteiger partial charge is 0.303 e. The Hall–Kier alpha value is -1.01. The van der Waals surface area contributed by atoms with E-state index in [4.69, 9.17) is 10.8 Å². The number of aromatic nitrogens is 2. The van der Waals surface area contributed by atoms with Gasteiger partial charge in [-0.15, -0.1) is 0 Å². The van der Waals surface area contributed by atoms with E-state index in [9.17, 15) is 4.79 Å². The zero-order chi connectivity index (χ0) is 10.6. The molecule has 1 atom stereocenters. The van der Waals surface area contributed by atoms with Gasteiger partial charge in [-0.3, -0.25) is 4.79 Å². The van der Waals surface area contributed by atoms with Gasteiger partial charge in [0.05, 0.1) is 10.5 Å². The van der Waals surface area contributed by atoms with E-state index in [1.807, 2.05) is 0 Å². The molecular formula is C8H10BrN3O2. The fraction of sp³-hybridized carbons (Fsp3) is 0.375. The summed E-state index contributed by atoms with van der Waals surface area (Å²) in [6, 6.07) is -0.417. The molecule has 1 aromatic heterocycles. The lowest BCUT2D eigenvalue weighted by atomic mass is 10.1. The number of nitrogens with zero attached hydrogens (tertiary/aromatic N) is 2. The van der Waals surface area contributed by atoms with Crippen LogP contribution < -0.4 is 5.73 Å². The van der Waals surface area contributed by atoms with E-state index in [1.165, 1.54) is 0 Å². The maximum atomic E-state index is 10.3. The van der Waals surface area contributed by atoms with Crippen LogP contribution in [0.4, 0.5) is 0 Å².